The van der Waals surface area contributed by atoms with Gasteiger partial charge in [0.05, 0.1) is 33.1 Å². The third-order valence-electron chi connectivity index (χ3n) is 10.5. The van der Waals surface area contributed by atoms with Gasteiger partial charge in [-0.15, -0.1) is 11.3 Å². The van der Waals surface area contributed by atoms with Gasteiger partial charge in [-0.1, -0.05) is 115 Å². The molecule has 0 aliphatic rings. The Hall–Kier alpha value is -6.62. The van der Waals surface area contributed by atoms with Crippen LogP contribution in [0.15, 0.2) is 188 Å². The molecule has 11 rings (SSSR count). The molecule has 0 spiro atoms. The molecule has 0 amide bonds. The molecule has 0 aliphatic carbocycles. The fourth-order valence-electron chi connectivity index (χ4n) is 8.20. The lowest BCUT2D eigenvalue weighted by Gasteiger charge is -2.09. The lowest BCUT2D eigenvalue weighted by molar-refractivity contribution is 1.17. The molecular formula is C48H31N3S. The molecule has 7 aromatic carbocycles. The summed E-state index contributed by atoms with van der Waals surface area (Å²) in [7, 11) is 0. The van der Waals surface area contributed by atoms with Crippen molar-refractivity contribution in [2.24, 2.45) is 0 Å². The number of aromatic nitrogens is 3. The first kappa shape index (κ1) is 29.1. The van der Waals surface area contributed by atoms with Crippen LogP contribution in [0.5, 0.6) is 0 Å². The fraction of sp³-hybridized carbons (Fsp3) is 0. The minimum Gasteiger partial charge on any atom is -0.309 e. The van der Waals surface area contributed by atoms with Crippen LogP contribution in [0.4, 0.5) is 0 Å². The summed E-state index contributed by atoms with van der Waals surface area (Å²) >= 11 is 1.84. The Balaban J connectivity index is 0.966. The van der Waals surface area contributed by atoms with E-state index in [1.54, 1.807) is 0 Å². The molecule has 0 saturated heterocycles. The molecule has 4 aromatic heterocycles. The maximum absolute atomic E-state index is 2.44. The first-order valence-electron chi connectivity index (χ1n) is 17.7. The van der Waals surface area contributed by atoms with Gasteiger partial charge >= 0.3 is 0 Å². The third kappa shape index (κ3) is 4.31. The van der Waals surface area contributed by atoms with E-state index in [-0.39, 0.29) is 0 Å². The molecule has 0 unspecified atom stereocenters. The molecule has 4 heterocycles. The molecule has 0 radical (unpaired) electrons. The van der Waals surface area contributed by atoms with Crippen LogP contribution in [0, 0.1) is 0 Å². The molecule has 0 saturated carbocycles. The van der Waals surface area contributed by atoms with E-state index in [1.165, 1.54) is 86.9 Å². The quantitative estimate of drug-likeness (QED) is 0.172. The van der Waals surface area contributed by atoms with Crippen LogP contribution in [0.1, 0.15) is 0 Å². The molecular weight excluding hydrogens is 651 g/mol. The average molecular weight is 682 g/mol. The van der Waals surface area contributed by atoms with Crippen molar-refractivity contribution in [2.45, 2.75) is 0 Å². The summed E-state index contributed by atoms with van der Waals surface area (Å²) < 4.78 is 7.23. The predicted molar refractivity (Wildman–Crippen MR) is 221 cm³/mol. The van der Waals surface area contributed by atoms with Crippen LogP contribution in [-0.2, 0) is 0 Å². The monoisotopic (exact) mass is 681 g/mol. The summed E-state index contributed by atoms with van der Waals surface area (Å²) in [6, 6.07) is 68.2. The van der Waals surface area contributed by atoms with Crippen molar-refractivity contribution in [1.29, 1.82) is 0 Å². The Morgan fingerprint density at radius 3 is 1.08 bits per heavy atom. The first-order valence-corrected chi connectivity index (χ1v) is 18.5. The topological polar surface area (TPSA) is 14.8 Å². The fourth-order valence-corrected chi connectivity index (χ4v) is 9.22. The van der Waals surface area contributed by atoms with Crippen molar-refractivity contribution >= 4 is 66.0 Å². The molecule has 3 nitrogen and oxygen atoms in total. The number of thiophene rings is 1. The number of hydrogen-bond donors (Lipinski definition) is 0. The number of benzene rings is 7. The molecule has 11 aromatic rings. The Morgan fingerprint density at radius 2 is 0.615 bits per heavy atom. The lowest BCUT2D eigenvalue weighted by Crippen LogP contribution is -1.93. The van der Waals surface area contributed by atoms with E-state index in [1.807, 2.05) is 11.3 Å². The molecule has 0 bridgehead atoms. The lowest BCUT2D eigenvalue weighted by atomic mass is 10.1. The average Bonchev–Trinajstić information content (AvgIpc) is 3.99. The van der Waals surface area contributed by atoms with Gasteiger partial charge in [0.1, 0.15) is 0 Å². The number of rotatable bonds is 5. The number of para-hydroxylation sites is 5. The van der Waals surface area contributed by atoms with Gasteiger partial charge in [-0.25, -0.2) is 0 Å². The van der Waals surface area contributed by atoms with Crippen LogP contribution < -0.4 is 0 Å². The Kier molecular flexibility index (Phi) is 6.42. The van der Waals surface area contributed by atoms with Gasteiger partial charge in [-0.2, -0.15) is 0 Å². The Bertz CT molecular complexity index is 3040. The van der Waals surface area contributed by atoms with E-state index in [4.69, 9.17) is 0 Å². The highest BCUT2D eigenvalue weighted by Gasteiger charge is 2.21. The van der Waals surface area contributed by atoms with Gasteiger partial charge in [0, 0.05) is 48.4 Å². The maximum Gasteiger partial charge on any atom is 0.0803 e. The standard InChI is InChI=1S/C48H31N3S/c1-2-12-34(13-3-1)50-43-20-10-6-16-39(43)48-47(50)40-17-7-11-21-44(40)51(48)36-28-24-33(25-29-36)46-31-30-45(52-46)32-22-26-35(27-23-32)49-41-18-8-4-14-37(41)38-15-5-9-19-42(38)49/h1-31H. The molecule has 0 N–H and O–H groups in total. The van der Waals surface area contributed by atoms with Crippen molar-refractivity contribution in [3.63, 3.8) is 0 Å². The Morgan fingerprint density at radius 1 is 0.269 bits per heavy atom. The van der Waals surface area contributed by atoms with E-state index >= 15 is 0 Å². The molecule has 0 atom stereocenters. The SMILES string of the molecule is c1ccc(-n2c3ccccc3c3c2c2ccccc2n3-c2ccc(-c3ccc(-c4ccc(-n5c6ccccc6c6ccccc65)cc4)s3)cc2)cc1. The largest absolute Gasteiger partial charge is 0.309 e. The second-order valence-corrected chi connectivity index (χ2v) is 14.4. The summed E-state index contributed by atoms with van der Waals surface area (Å²) in [6.45, 7) is 0. The highest BCUT2D eigenvalue weighted by Crippen LogP contribution is 2.42. The second kappa shape index (κ2) is 11.5. The summed E-state index contributed by atoms with van der Waals surface area (Å²) in [5.41, 5.74) is 13.3. The summed E-state index contributed by atoms with van der Waals surface area (Å²) in [5.74, 6) is 0. The van der Waals surface area contributed by atoms with Gasteiger partial charge in [0.2, 0.25) is 0 Å². The Labute approximate surface area is 304 Å². The highest BCUT2D eigenvalue weighted by molar-refractivity contribution is 7.18. The van der Waals surface area contributed by atoms with E-state index in [0.29, 0.717) is 0 Å². The minimum absolute atomic E-state index is 1.16. The molecule has 244 valence electrons. The molecule has 0 fully saturated rings. The normalized spacial score (nSPS) is 11.8. The molecule has 0 aliphatic heterocycles. The summed E-state index contributed by atoms with van der Waals surface area (Å²) in [4.78, 5) is 2.52. The van der Waals surface area contributed by atoms with Crippen molar-refractivity contribution in [3.8, 4) is 37.9 Å². The van der Waals surface area contributed by atoms with Gasteiger partial charge < -0.3 is 13.7 Å². The third-order valence-corrected chi connectivity index (χ3v) is 11.7. The number of hydrogen-bond acceptors (Lipinski definition) is 1. The zero-order valence-electron chi connectivity index (χ0n) is 28.1. The molecule has 4 heteroatoms. The predicted octanol–water partition coefficient (Wildman–Crippen LogP) is 13.2. The van der Waals surface area contributed by atoms with Crippen molar-refractivity contribution in [2.75, 3.05) is 0 Å². The van der Waals surface area contributed by atoms with Crippen LogP contribution >= 0.6 is 11.3 Å². The van der Waals surface area contributed by atoms with E-state index < -0.39 is 0 Å². The zero-order chi connectivity index (χ0) is 34.2. The van der Waals surface area contributed by atoms with E-state index in [9.17, 15) is 0 Å². The highest BCUT2D eigenvalue weighted by atomic mass is 32.1. The smallest absolute Gasteiger partial charge is 0.0803 e. The van der Waals surface area contributed by atoms with Gasteiger partial charge in [-0.05, 0) is 83.9 Å². The van der Waals surface area contributed by atoms with E-state index in [2.05, 4.69) is 202 Å². The van der Waals surface area contributed by atoms with Gasteiger partial charge in [-0.3, -0.25) is 0 Å². The summed E-state index contributed by atoms with van der Waals surface area (Å²) in [6.07, 6.45) is 0. The van der Waals surface area contributed by atoms with Crippen LogP contribution in [0.3, 0.4) is 0 Å². The van der Waals surface area contributed by atoms with Crippen molar-refractivity contribution in [3.05, 3.63) is 188 Å². The zero-order valence-corrected chi connectivity index (χ0v) is 29.0. The minimum atomic E-state index is 1.16. The number of fused-ring (bicyclic) bond motifs is 8. The van der Waals surface area contributed by atoms with Gasteiger partial charge in [0.15, 0.2) is 0 Å². The van der Waals surface area contributed by atoms with Gasteiger partial charge in [0.25, 0.3) is 0 Å². The number of nitrogens with zero attached hydrogens (tertiary/aromatic N) is 3. The van der Waals surface area contributed by atoms with Crippen molar-refractivity contribution < 1.29 is 0 Å². The van der Waals surface area contributed by atoms with Crippen LogP contribution in [-0.4, -0.2) is 13.7 Å². The first-order chi connectivity index (χ1) is 25.8. The second-order valence-electron chi connectivity index (χ2n) is 13.4. The molecule has 52 heavy (non-hydrogen) atoms. The summed E-state index contributed by atoms with van der Waals surface area (Å²) in [5, 5.41) is 5.05. The van der Waals surface area contributed by atoms with Crippen LogP contribution in [0.2, 0.25) is 0 Å². The van der Waals surface area contributed by atoms with Crippen molar-refractivity contribution in [1.82, 2.24) is 13.7 Å². The van der Waals surface area contributed by atoms with Crippen LogP contribution in [0.25, 0.3) is 92.6 Å². The van der Waals surface area contributed by atoms with E-state index in [0.717, 1.165) is 5.69 Å². The maximum atomic E-state index is 2.44.